The van der Waals surface area contributed by atoms with E-state index in [2.05, 4.69) is 16.0 Å². The summed E-state index contributed by atoms with van der Waals surface area (Å²) in [5.74, 6) is 0.241. The van der Waals surface area contributed by atoms with Crippen LogP contribution in [0, 0.1) is 5.41 Å². The van der Waals surface area contributed by atoms with Gasteiger partial charge < -0.3 is 4.90 Å². The smallest absolute Gasteiger partial charge is 0.227 e. The molecule has 1 amide bonds. The van der Waals surface area contributed by atoms with Gasteiger partial charge >= 0.3 is 0 Å². The Morgan fingerprint density at radius 2 is 2.00 bits per heavy atom. The van der Waals surface area contributed by atoms with Gasteiger partial charge in [-0.2, -0.15) is 0 Å². The third kappa shape index (κ3) is 4.27. The zero-order chi connectivity index (χ0) is 15.5. The van der Waals surface area contributed by atoms with E-state index < -0.39 is 0 Å². The van der Waals surface area contributed by atoms with Crippen molar-refractivity contribution in [3.63, 3.8) is 0 Å². The molecule has 0 N–H and O–H groups in total. The molecule has 0 saturated carbocycles. The second-order valence-electron chi connectivity index (χ2n) is 6.99. The van der Waals surface area contributed by atoms with Crippen LogP contribution >= 0.6 is 0 Å². The summed E-state index contributed by atoms with van der Waals surface area (Å²) in [6, 6.07) is 6.42. The minimum Gasteiger partial charge on any atom is -0.342 e. The van der Waals surface area contributed by atoms with E-state index in [1.807, 2.05) is 51.0 Å². The van der Waals surface area contributed by atoms with E-state index in [9.17, 15) is 4.79 Å². The summed E-state index contributed by atoms with van der Waals surface area (Å²) in [4.78, 5) is 21.1. The number of nitrogens with zero attached hydrogens (tertiary/aromatic N) is 3. The largest absolute Gasteiger partial charge is 0.342 e. The average Bonchev–Trinajstić information content (AvgIpc) is 2.46. The maximum Gasteiger partial charge on any atom is 0.227 e. The Morgan fingerprint density at radius 1 is 1.33 bits per heavy atom. The van der Waals surface area contributed by atoms with Gasteiger partial charge in [-0.1, -0.05) is 26.8 Å². The van der Waals surface area contributed by atoms with Gasteiger partial charge in [0.25, 0.3) is 0 Å². The lowest BCUT2D eigenvalue weighted by molar-refractivity contribution is -0.141. The molecule has 0 radical (unpaired) electrons. The zero-order valence-electron chi connectivity index (χ0n) is 13.7. The van der Waals surface area contributed by atoms with E-state index in [-0.39, 0.29) is 11.3 Å². The number of hydrogen-bond donors (Lipinski definition) is 0. The molecule has 1 aromatic rings. The molecule has 2 rings (SSSR count). The molecule has 2 heterocycles. The van der Waals surface area contributed by atoms with E-state index in [1.54, 1.807) is 0 Å². The van der Waals surface area contributed by atoms with Gasteiger partial charge in [0.1, 0.15) is 0 Å². The molecule has 21 heavy (non-hydrogen) atoms. The number of hydrogen-bond acceptors (Lipinski definition) is 3. The first-order valence-electron chi connectivity index (χ1n) is 7.77. The minimum absolute atomic E-state index is 0.241. The van der Waals surface area contributed by atoms with Crippen LogP contribution in [0.15, 0.2) is 24.4 Å². The van der Waals surface area contributed by atoms with Gasteiger partial charge in [-0.05, 0) is 25.0 Å². The number of pyridine rings is 1. The van der Waals surface area contributed by atoms with Crippen molar-refractivity contribution in [3.05, 3.63) is 30.1 Å². The molecule has 0 bridgehead atoms. The van der Waals surface area contributed by atoms with Crippen molar-refractivity contribution in [1.82, 2.24) is 14.8 Å². The van der Waals surface area contributed by atoms with Crippen molar-refractivity contribution < 1.29 is 4.79 Å². The normalized spacial score (nSPS) is 17.7. The minimum atomic E-state index is -0.292. The van der Waals surface area contributed by atoms with Crippen LogP contribution in [0.2, 0.25) is 0 Å². The van der Waals surface area contributed by atoms with Crippen LogP contribution in [0.25, 0.3) is 0 Å². The summed E-state index contributed by atoms with van der Waals surface area (Å²) in [5, 5.41) is 0. The number of aromatic nitrogens is 1. The Hall–Kier alpha value is -1.42. The molecule has 0 atom stereocenters. The monoisotopic (exact) mass is 289 g/mol. The van der Waals surface area contributed by atoms with Crippen LogP contribution in [0.5, 0.6) is 0 Å². The van der Waals surface area contributed by atoms with Crippen molar-refractivity contribution in [2.24, 2.45) is 5.41 Å². The molecule has 0 spiro atoms. The summed E-state index contributed by atoms with van der Waals surface area (Å²) < 4.78 is 0. The third-order valence-electron chi connectivity index (χ3n) is 4.18. The van der Waals surface area contributed by atoms with Crippen LogP contribution in [-0.2, 0) is 11.3 Å². The fourth-order valence-electron chi connectivity index (χ4n) is 2.88. The number of carbonyl (C=O) groups is 1. The number of carbonyl (C=O) groups excluding carboxylic acids is 1. The Balaban J connectivity index is 1.84. The Bertz CT molecular complexity index is 459. The molecule has 0 aliphatic carbocycles. The maximum atomic E-state index is 12.3. The lowest BCUT2D eigenvalue weighted by atomic mass is 9.92. The molecule has 1 aliphatic heterocycles. The summed E-state index contributed by atoms with van der Waals surface area (Å²) in [6.07, 6.45) is 3.94. The Kier molecular flexibility index (Phi) is 4.99. The van der Waals surface area contributed by atoms with E-state index >= 15 is 0 Å². The Labute approximate surface area is 128 Å². The van der Waals surface area contributed by atoms with Crippen molar-refractivity contribution in [2.75, 3.05) is 20.1 Å². The van der Waals surface area contributed by atoms with Crippen molar-refractivity contribution in [1.29, 1.82) is 0 Å². The van der Waals surface area contributed by atoms with Crippen molar-refractivity contribution in [2.45, 2.75) is 46.2 Å². The molecule has 1 fully saturated rings. The molecule has 1 aromatic heterocycles. The van der Waals surface area contributed by atoms with E-state index in [4.69, 9.17) is 0 Å². The molecule has 0 aromatic carbocycles. The summed E-state index contributed by atoms with van der Waals surface area (Å²) >= 11 is 0. The highest BCUT2D eigenvalue weighted by Gasteiger charge is 2.31. The standard InChI is InChI=1S/C17H27N3O/c1-17(2,3)16(21)19(4)15-8-11-20(12-9-15)13-14-7-5-6-10-18-14/h5-7,10,15H,8-9,11-13H2,1-4H3. The predicted molar refractivity (Wildman–Crippen MR) is 84.8 cm³/mol. The first-order valence-corrected chi connectivity index (χ1v) is 7.77. The van der Waals surface area contributed by atoms with Gasteiger partial charge in [-0.15, -0.1) is 0 Å². The number of likely N-dealkylation sites (tertiary alicyclic amines) is 1. The number of rotatable bonds is 3. The third-order valence-corrected chi connectivity index (χ3v) is 4.18. The number of amides is 1. The molecule has 1 saturated heterocycles. The van der Waals surface area contributed by atoms with Crippen LogP contribution in [0.3, 0.4) is 0 Å². The second kappa shape index (κ2) is 6.56. The molecule has 1 aliphatic rings. The fourth-order valence-corrected chi connectivity index (χ4v) is 2.88. The molecular formula is C17H27N3O. The van der Waals surface area contributed by atoms with E-state index in [0.29, 0.717) is 6.04 Å². The van der Waals surface area contributed by atoms with E-state index in [1.165, 1.54) is 0 Å². The number of piperidine rings is 1. The van der Waals surface area contributed by atoms with Gasteiger partial charge in [0.15, 0.2) is 0 Å². The summed E-state index contributed by atoms with van der Waals surface area (Å²) in [6.45, 7) is 8.93. The summed E-state index contributed by atoms with van der Waals surface area (Å²) in [5.41, 5.74) is 0.829. The second-order valence-corrected chi connectivity index (χ2v) is 6.99. The molecular weight excluding hydrogens is 262 g/mol. The predicted octanol–water partition coefficient (Wildman–Crippen LogP) is 2.55. The topological polar surface area (TPSA) is 36.4 Å². The van der Waals surface area contributed by atoms with E-state index in [0.717, 1.165) is 38.2 Å². The van der Waals surface area contributed by atoms with Gasteiger partial charge in [0.05, 0.1) is 5.69 Å². The zero-order valence-corrected chi connectivity index (χ0v) is 13.7. The first-order chi connectivity index (χ1) is 9.88. The van der Waals surface area contributed by atoms with Gasteiger partial charge in [0, 0.05) is 44.3 Å². The average molecular weight is 289 g/mol. The lowest BCUT2D eigenvalue weighted by Gasteiger charge is -2.38. The highest BCUT2D eigenvalue weighted by Crippen LogP contribution is 2.23. The quantitative estimate of drug-likeness (QED) is 0.858. The highest BCUT2D eigenvalue weighted by molar-refractivity contribution is 5.81. The SMILES string of the molecule is CN(C(=O)C(C)(C)C)C1CCN(Cc2ccccn2)CC1. The molecule has 4 nitrogen and oxygen atoms in total. The van der Waals surface area contributed by atoms with Gasteiger partial charge in [0.2, 0.25) is 5.91 Å². The maximum absolute atomic E-state index is 12.3. The first kappa shape index (κ1) is 16.0. The Morgan fingerprint density at radius 3 is 2.52 bits per heavy atom. The lowest BCUT2D eigenvalue weighted by Crippen LogP contribution is -2.48. The van der Waals surface area contributed by atoms with Crippen LogP contribution < -0.4 is 0 Å². The van der Waals surface area contributed by atoms with Crippen LogP contribution in [0.4, 0.5) is 0 Å². The van der Waals surface area contributed by atoms with Crippen LogP contribution in [0.1, 0.15) is 39.3 Å². The molecule has 4 heteroatoms. The fraction of sp³-hybridized carbons (Fsp3) is 0.647. The van der Waals surface area contributed by atoms with Gasteiger partial charge in [-0.25, -0.2) is 0 Å². The summed E-state index contributed by atoms with van der Waals surface area (Å²) in [7, 11) is 1.95. The van der Waals surface area contributed by atoms with Crippen molar-refractivity contribution in [3.8, 4) is 0 Å². The van der Waals surface area contributed by atoms with Crippen molar-refractivity contribution >= 4 is 5.91 Å². The highest BCUT2D eigenvalue weighted by atomic mass is 16.2. The van der Waals surface area contributed by atoms with Crippen LogP contribution in [-0.4, -0.2) is 46.9 Å². The molecule has 0 unspecified atom stereocenters. The van der Waals surface area contributed by atoms with Gasteiger partial charge in [-0.3, -0.25) is 14.7 Å². The molecule has 116 valence electrons.